The van der Waals surface area contributed by atoms with Crippen LogP contribution in [0.2, 0.25) is 19.6 Å². The summed E-state index contributed by atoms with van der Waals surface area (Å²) in [7, 11) is -2.97. The molecule has 0 fully saturated rings. The highest BCUT2D eigenvalue weighted by molar-refractivity contribution is 6.69. The largest absolute Gasteiger partial charge is 0.447 e. The van der Waals surface area contributed by atoms with E-state index in [4.69, 9.17) is 13.9 Å². The molecule has 0 N–H and O–H groups in total. The average molecular weight is 577 g/mol. The molecule has 210 valence electrons. The normalized spacial score (nSPS) is 22.2. The van der Waals surface area contributed by atoms with Crippen LogP contribution in [0.4, 0.5) is 40.7 Å². The Morgan fingerprint density at radius 2 is 1.22 bits per heavy atom. The van der Waals surface area contributed by atoms with Crippen LogP contribution in [0.15, 0.2) is 109 Å². The summed E-state index contributed by atoms with van der Waals surface area (Å²) < 4.78 is 64.8. The van der Waals surface area contributed by atoms with E-state index in [2.05, 4.69) is 0 Å². The van der Waals surface area contributed by atoms with Crippen LogP contribution in [0.25, 0.3) is 0 Å². The van der Waals surface area contributed by atoms with E-state index in [1.807, 2.05) is 0 Å². The average Bonchev–Trinajstić information content (AvgIpc) is 2.93. The van der Waals surface area contributed by atoms with Crippen LogP contribution >= 0.6 is 0 Å². The Morgan fingerprint density at radius 3 is 1.80 bits per heavy atom. The molecule has 2 unspecified atom stereocenters. The molecule has 41 heavy (non-hydrogen) atoms. The molecular weight excluding hydrogens is 549 g/mol. The van der Waals surface area contributed by atoms with Crippen molar-refractivity contribution in [2.75, 3.05) is 9.80 Å². The van der Waals surface area contributed by atoms with Gasteiger partial charge < -0.3 is 9.16 Å². The van der Waals surface area contributed by atoms with Crippen molar-refractivity contribution in [2.45, 2.75) is 37.5 Å². The second-order valence-electron chi connectivity index (χ2n) is 10.8. The molecule has 2 aliphatic rings. The van der Waals surface area contributed by atoms with Crippen LogP contribution in [0.1, 0.15) is 11.1 Å². The van der Waals surface area contributed by atoms with Gasteiger partial charge in [-0.2, -0.15) is 13.2 Å². The van der Waals surface area contributed by atoms with E-state index in [-0.39, 0.29) is 16.8 Å². The van der Waals surface area contributed by atoms with Crippen LogP contribution in [0.5, 0.6) is 0 Å². The fourth-order valence-electron chi connectivity index (χ4n) is 5.38. The number of para-hydroxylation sites is 4. The quantitative estimate of drug-likeness (QED) is 0.228. The Morgan fingerprint density at radius 1 is 0.707 bits per heavy atom. The third-order valence-corrected chi connectivity index (χ3v) is 7.72. The minimum absolute atomic E-state index is 0.135. The Bertz CT molecular complexity index is 1600. The predicted molar refractivity (Wildman–Crippen MR) is 151 cm³/mol. The zero-order valence-corrected chi connectivity index (χ0v) is 23.6. The lowest BCUT2D eigenvalue weighted by Gasteiger charge is -2.56. The lowest BCUT2D eigenvalue weighted by atomic mass is 9.94. The molecule has 0 bridgehead atoms. The number of alkyl halides is 3. The van der Waals surface area contributed by atoms with Gasteiger partial charge in [-0.05, 0) is 62.1 Å². The summed E-state index contributed by atoms with van der Waals surface area (Å²) in [6, 6.07) is 30.2. The van der Waals surface area contributed by atoms with Gasteiger partial charge in [-0.1, -0.05) is 66.7 Å². The first kappa shape index (κ1) is 27.1. The summed E-state index contributed by atoms with van der Waals surface area (Å²) in [4.78, 5) is 16.8. The van der Waals surface area contributed by atoms with Gasteiger partial charge >= 0.3 is 18.2 Å². The zero-order valence-electron chi connectivity index (χ0n) is 22.6. The fraction of sp³-hybridized carbons (Fsp3) is 0.194. The molecule has 1 spiro atoms. The number of benzene rings is 4. The first-order valence-electron chi connectivity index (χ1n) is 13.1. The van der Waals surface area contributed by atoms with E-state index in [0.29, 0.717) is 17.1 Å². The second-order valence-corrected chi connectivity index (χ2v) is 15.2. The predicted octanol–water partition coefficient (Wildman–Crippen LogP) is 8.52. The first-order valence-corrected chi connectivity index (χ1v) is 16.5. The molecule has 0 radical (unpaired) electrons. The molecule has 0 saturated carbocycles. The van der Waals surface area contributed by atoms with Crippen LogP contribution in [0, 0.1) is 0 Å². The lowest BCUT2D eigenvalue weighted by molar-refractivity contribution is -0.431. The number of nitrogens with zero attached hydrogens (tertiary/aromatic N) is 2. The van der Waals surface area contributed by atoms with E-state index < -0.39 is 32.3 Å². The van der Waals surface area contributed by atoms with Crippen LogP contribution in [0.3, 0.4) is 0 Å². The maximum atomic E-state index is 15.5. The standard InChI is InChI=1S/C31H27F3N2O4Si/c1-41(2,3)40-29(31(32,33)34)24-18-10-13-21-27(24)36(23-16-8-5-9-17-23)30(39-29)25-19-11-12-20-26(25)35(28(37)38-30)22-14-6-4-7-15-22/h4-21H,1-3H3. The number of hydrogen-bond acceptors (Lipinski definition) is 5. The Labute approximate surface area is 236 Å². The highest BCUT2D eigenvalue weighted by Gasteiger charge is 2.71. The summed E-state index contributed by atoms with van der Waals surface area (Å²) in [6.45, 7) is 4.96. The summed E-state index contributed by atoms with van der Waals surface area (Å²) in [5.74, 6) is -5.62. The molecule has 6 rings (SSSR count). The van der Waals surface area contributed by atoms with Gasteiger partial charge in [-0.3, -0.25) is 9.64 Å². The molecule has 2 atom stereocenters. The van der Waals surface area contributed by atoms with Gasteiger partial charge in [0.15, 0.2) is 8.32 Å². The van der Waals surface area contributed by atoms with Crippen molar-refractivity contribution >= 4 is 37.2 Å². The van der Waals surface area contributed by atoms with Gasteiger partial charge in [0.1, 0.15) is 0 Å². The van der Waals surface area contributed by atoms with Crippen molar-refractivity contribution in [3.63, 3.8) is 0 Å². The zero-order chi connectivity index (χ0) is 29.0. The van der Waals surface area contributed by atoms with E-state index in [0.717, 1.165) is 0 Å². The van der Waals surface area contributed by atoms with Crippen molar-refractivity contribution in [3.8, 4) is 0 Å². The molecule has 10 heteroatoms. The maximum Gasteiger partial charge on any atom is 0.447 e. The van der Waals surface area contributed by atoms with Gasteiger partial charge in [0.25, 0.3) is 5.79 Å². The Kier molecular flexibility index (Phi) is 6.25. The highest BCUT2D eigenvalue weighted by Crippen LogP contribution is 2.61. The number of anilines is 4. The number of ether oxygens (including phenoxy) is 2. The van der Waals surface area contributed by atoms with Crippen molar-refractivity contribution < 1.29 is 31.9 Å². The number of hydrogen-bond donors (Lipinski definition) is 0. The molecule has 1 amide bonds. The topological polar surface area (TPSA) is 51.2 Å². The lowest BCUT2D eigenvalue weighted by Crippen LogP contribution is -2.66. The number of halogens is 3. The molecule has 0 saturated heterocycles. The molecule has 0 aliphatic carbocycles. The Hall–Kier alpha value is -4.12. The molecule has 2 heterocycles. The Balaban J connectivity index is 1.71. The molecule has 2 aliphatic heterocycles. The number of fused-ring (bicyclic) bond motifs is 3. The minimum Gasteiger partial charge on any atom is -0.392 e. The number of carbonyl (C=O) groups excluding carboxylic acids is 1. The third kappa shape index (κ3) is 4.30. The van der Waals surface area contributed by atoms with Crippen LogP contribution in [-0.4, -0.2) is 20.6 Å². The van der Waals surface area contributed by atoms with Crippen molar-refractivity contribution in [1.82, 2.24) is 0 Å². The SMILES string of the molecule is C[Si](C)(C)OC1(C(F)(F)F)OC2(OC(=O)N(c3ccccc3)c3ccccc32)N(c2ccccc2)c2ccccc21. The van der Waals surface area contributed by atoms with Crippen LogP contribution < -0.4 is 9.80 Å². The fourth-order valence-corrected chi connectivity index (χ4v) is 6.51. The summed E-state index contributed by atoms with van der Waals surface area (Å²) in [5, 5.41) is 0. The van der Waals surface area contributed by atoms with Crippen molar-refractivity contribution in [2.24, 2.45) is 0 Å². The van der Waals surface area contributed by atoms with Crippen molar-refractivity contribution in [1.29, 1.82) is 0 Å². The van der Waals surface area contributed by atoms with Gasteiger partial charge in [0.2, 0.25) is 0 Å². The number of rotatable bonds is 4. The van der Waals surface area contributed by atoms with Crippen molar-refractivity contribution in [3.05, 3.63) is 120 Å². The molecule has 0 aromatic heterocycles. The maximum absolute atomic E-state index is 15.5. The smallest absolute Gasteiger partial charge is 0.392 e. The van der Waals surface area contributed by atoms with E-state index in [1.165, 1.54) is 21.9 Å². The molecule has 4 aromatic rings. The highest BCUT2D eigenvalue weighted by atomic mass is 28.4. The summed E-state index contributed by atoms with van der Waals surface area (Å²) in [5.41, 5.74) is 1.37. The molecule has 4 aromatic carbocycles. The van der Waals surface area contributed by atoms with E-state index in [9.17, 15) is 4.79 Å². The molecular formula is C31H27F3N2O4Si. The number of carbonyl (C=O) groups is 1. The van der Waals surface area contributed by atoms with Gasteiger partial charge in [0, 0.05) is 11.3 Å². The minimum atomic E-state index is -5.04. The van der Waals surface area contributed by atoms with Gasteiger partial charge in [-0.15, -0.1) is 0 Å². The summed E-state index contributed by atoms with van der Waals surface area (Å²) >= 11 is 0. The second kappa shape index (κ2) is 9.47. The first-order chi connectivity index (χ1) is 19.5. The third-order valence-electron chi connectivity index (χ3n) is 6.82. The van der Waals surface area contributed by atoms with E-state index in [1.54, 1.807) is 117 Å². The monoisotopic (exact) mass is 576 g/mol. The summed E-state index contributed by atoms with van der Waals surface area (Å²) in [6.07, 6.45) is -5.95. The molecule has 6 nitrogen and oxygen atoms in total. The van der Waals surface area contributed by atoms with E-state index >= 15 is 13.2 Å². The van der Waals surface area contributed by atoms with Gasteiger partial charge in [0.05, 0.1) is 22.6 Å². The van der Waals surface area contributed by atoms with Crippen LogP contribution in [-0.2, 0) is 25.6 Å². The number of amides is 1. The van der Waals surface area contributed by atoms with Gasteiger partial charge in [-0.25, -0.2) is 9.69 Å².